The molecule has 0 aliphatic carbocycles. The van der Waals surface area contributed by atoms with Crippen molar-refractivity contribution in [3.8, 4) is 0 Å². The number of ether oxygens (including phenoxy) is 1. The number of esters is 1. The van der Waals surface area contributed by atoms with Gasteiger partial charge < -0.3 is 19.4 Å². The molecule has 1 aromatic heterocycles. The van der Waals surface area contributed by atoms with Gasteiger partial charge in [-0.05, 0) is 68.4 Å². The van der Waals surface area contributed by atoms with E-state index in [0.29, 0.717) is 24.8 Å². The molecule has 0 bridgehead atoms. The largest absolute Gasteiger partial charge is 0.467 e. The second kappa shape index (κ2) is 9.22. The molecule has 0 aliphatic heterocycles. The first-order chi connectivity index (χ1) is 12.0. The molecule has 2 rings (SSSR count). The van der Waals surface area contributed by atoms with E-state index < -0.39 is 0 Å². The van der Waals surface area contributed by atoms with E-state index in [9.17, 15) is 4.79 Å². The molecule has 1 N–H and O–H groups in total. The fourth-order valence-corrected chi connectivity index (χ4v) is 2.60. The van der Waals surface area contributed by atoms with Gasteiger partial charge in [0.1, 0.15) is 5.76 Å². The smallest absolute Gasteiger partial charge is 0.307 e. The lowest BCUT2D eigenvalue weighted by Crippen LogP contribution is -2.36. The quantitative estimate of drug-likeness (QED) is 0.594. The third-order valence-corrected chi connectivity index (χ3v) is 4.22. The van der Waals surface area contributed by atoms with E-state index in [1.54, 1.807) is 13.2 Å². The fraction of sp³-hybridized carbons (Fsp3) is 0.368. The monoisotopic (exact) mass is 360 g/mol. The molecule has 25 heavy (non-hydrogen) atoms. The number of thiocarbonyl (C=S) groups is 1. The highest BCUT2D eigenvalue weighted by Gasteiger charge is 2.15. The van der Waals surface area contributed by atoms with Crippen molar-refractivity contribution < 1.29 is 13.9 Å². The molecule has 0 radical (unpaired) electrons. The average molecular weight is 360 g/mol. The summed E-state index contributed by atoms with van der Waals surface area (Å²) < 4.78 is 10.4. The molecule has 0 fully saturated rings. The van der Waals surface area contributed by atoms with E-state index >= 15 is 0 Å². The number of carbonyl (C=O) groups is 1. The number of rotatable bonds is 7. The van der Waals surface area contributed by atoms with Gasteiger partial charge >= 0.3 is 5.97 Å². The maximum absolute atomic E-state index is 11.7. The Morgan fingerprint density at radius 2 is 2.08 bits per heavy atom. The first-order valence-corrected chi connectivity index (χ1v) is 8.71. The van der Waals surface area contributed by atoms with Crippen molar-refractivity contribution in [3.05, 3.63) is 53.5 Å². The van der Waals surface area contributed by atoms with Crippen molar-refractivity contribution in [2.45, 2.75) is 33.7 Å². The number of nitrogens with one attached hydrogen (secondary N) is 1. The summed E-state index contributed by atoms with van der Waals surface area (Å²) in [5.74, 6) is 0.550. The number of hydrogen-bond donors (Lipinski definition) is 1. The zero-order valence-corrected chi connectivity index (χ0v) is 15.7. The minimum atomic E-state index is -0.235. The van der Waals surface area contributed by atoms with Gasteiger partial charge in [-0.25, -0.2) is 0 Å². The van der Waals surface area contributed by atoms with Crippen LogP contribution in [-0.2, 0) is 16.1 Å². The predicted octanol–water partition coefficient (Wildman–Crippen LogP) is 4.05. The van der Waals surface area contributed by atoms with Gasteiger partial charge in [-0.1, -0.05) is 6.07 Å². The topological polar surface area (TPSA) is 54.7 Å². The highest BCUT2D eigenvalue weighted by molar-refractivity contribution is 7.80. The van der Waals surface area contributed by atoms with Crippen LogP contribution in [-0.4, -0.2) is 29.1 Å². The summed E-state index contributed by atoms with van der Waals surface area (Å²) in [6.45, 7) is 7.25. The van der Waals surface area contributed by atoms with Crippen molar-refractivity contribution in [2.75, 3.05) is 18.5 Å². The van der Waals surface area contributed by atoms with Crippen LogP contribution in [0.3, 0.4) is 0 Å². The lowest BCUT2D eigenvalue weighted by Gasteiger charge is -2.25. The molecule has 0 saturated carbocycles. The summed E-state index contributed by atoms with van der Waals surface area (Å²) in [5.41, 5.74) is 3.34. The molecule has 0 unspecified atom stereocenters. The van der Waals surface area contributed by atoms with E-state index in [4.69, 9.17) is 21.4 Å². The Balaban J connectivity index is 2.05. The molecule has 0 saturated heterocycles. The highest BCUT2D eigenvalue weighted by Crippen LogP contribution is 2.16. The molecule has 5 nitrogen and oxygen atoms in total. The second-order valence-electron chi connectivity index (χ2n) is 5.79. The first-order valence-electron chi connectivity index (χ1n) is 8.30. The third kappa shape index (κ3) is 5.90. The maximum atomic E-state index is 11.7. The van der Waals surface area contributed by atoms with Crippen LogP contribution < -0.4 is 5.32 Å². The van der Waals surface area contributed by atoms with Crippen LogP contribution in [0, 0.1) is 13.8 Å². The molecule has 1 heterocycles. The number of anilines is 1. The van der Waals surface area contributed by atoms with Crippen molar-refractivity contribution in [3.63, 3.8) is 0 Å². The minimum Gasteiger partial charge on any atom is -0.467 e. The van der Waals surface area contributed by atoms with Gasteiger partial charge in [0.15, 0.2) is 5.11 Å². The number of furan rings is 1. The maximum Gasteiger partial charge on any atom is 0.307 e. The van der Waals surface area contributed by atoms with Crippen molar-refractivity contribution in [1.29, 1.82) is 0 Å². The standard InChI is InChI=1S/C19H24N2O3S/c1-4-23-18(22)9-10-21(13-17-6-5-11-24-17)19(25)20-16-8-7-14(2)15(3)12-16/h5-8,11-12H,4,9-10,13H2,1-3H3,(H,20,25). The molecule has 0 aliphatic rings. The van der Waals surface area contributed by atoms with E-state index in [0.717, 1.165) is 11.4 Å². The Morgan fingerprint density at radius 3 is 2.72 bits per heavy atom. The minimum absolute atomic E-state index is 0.235. The summed E-state index contributed by atoms with van der Waals surface area (Å²) in [4.78, 5) is 13.6. The number of carbonyl (C=O) groups excluding carboxylic acids is 1. The molecular formula is C19H24N2O3S. The molecular weight excluding hydrogens is 336 g/mol. The highest BCUT2D eigenvalue weighted by atomic mass is 32.1. The zero-order valence-electron chi connectivity index (χ0n) is 14.9. The summed E-state index contributed by atoms with van der Waals surface area (Å²) in [7, 11) is 0. The van der Waals surface area contributed by atoms with Crippen LogP contribution in [0.25, 0.3) is 0 Å². The van der Waals surface area contributed by atoms with Gasteiger partial charge in [-0.2, -0.15) is 0 Å². The van der Waals surface area contributed by atoms with E-state index in [1.165, 1.54) is 11.1 Å². The first kappa shape index (κ1) is 19.0. The Labute approximate surface area is 154 Å². The van der Waals surface area contributed by atoms with Crippen molar-refractivity contribution in [2.24, 2.45) is 0 Å². The molecule has 0 atom stereocenters. The predicted molar refractivity (Wildman–Crippen MR) is 103 cm³/mol. The third-order valence-electron chi connectivity index (χ3n) is 3.86. The van der Waals surface area contributed by atoms with Gasteiger partial charge in [-0.15, -0.1) is 0 Å². The van der Waals surface area contributed by atoms with Crippen molar-refractivity contribution >= 4 is 29.0 Å². The zero-order chi connectivity index (χ0) is 18.2. The lowest BCUT2D eigenvalue weighted by atomic mass is 10.1. The molecule has 0 amide bonds. The Morgan fingerprint density at radius 1 is 1.28 bits per heavy atom. The van der Waals surface area contributed by atoms with Crippen LogP contribution in [0.4, 0.5) is 5.69 Å². The van der Waals surface area contributed by atoms with Crippen LogP contribution in [0.15, 0.2) is 41.0 Å². The van der Waals surface area contributed by atoms with E-state index in [-0.39, 0.29) is 12.4 Å². The Hall–Kier alpha value is -2.34. The molecule has 6 heteroatoms. The van der Waals surface area contributed by atoms with Crippen molar-refractivity contribution in [1.82, 2.24) is 4.90 Å². The summed E-state index contributed by atoms with van der Waals surface area (Å²) >= 11 is 5.54. The van der Waals surface area contributed by atoms with Gasteiger partial charge in [0.2, 0.25) is 0 Å². The Kier molecular flexibility index (Phi) is 7.01. The van der Waals surface area contributed by atoms with Gasteiger partial charge in [-0.3, -0.25) is 4.79 Å². The number of aryl methyl sites for hydroxylation is 2. The molecule has 1 aromatic carbocycles. The molecule has 134 valence electrons. The SMILES string of the molecule is CCOC(=O)CCN(Cc1ccco1)C(=S)Nc1ccc(C)c(C)c1. The van der Waals surface area contributed by atoms with E-state index in [1.807, 2.05) is 23.1 Å². The normalized spacial score (nSPS) is 10.4. The fourth-order valence-electron chi connectivity index (χ4n) is 2.32. The van der Waals surface area contributed by atoms with Gasteiger partial charge in [0, 0.05) is 12.2 Å². The van der Waals surface area contributed by atoms with Crippen LogP contribution >= 0.6 is 12.2 Å². The average Bonchev–Trinajstić information content (AvgIpc) is 3.08. The van der Waals surface area contributed by atoms with Gasteiger partial charge in [0.05, 0.1) is 25.8 Å². The summed E-state index contributed by atoms with van der Waals surface area (Å²) in [6, 6.07) is 9.81. The molecule has 0 spiro atoms. The lowest BCUT2D eigenvalue weighted by molar-refractivity contribution is -0.143. The number of hydrogen-bond acceptors (Lipinski definition) is 4. The van der Waals surface area contributed by atoms with Gasteiger partial charge in [0.25, 0.3) is 0 Å². The Bertz CT molecular complexity index is 713. The summed E-state index contributed by atoms with van der Waals surface area (Å²) in [5, 5.41) is 3.79. The van der Waals surface area contributed by atoms with Crippen LogP contribution in [0.2, 0.25) is 0 Å². The van der Waals surface area contributed by atoms with Crippen LogP contribution in [0.5, 0.6) is 0 Å². The summed E-state index contributed by atoms with van der Waals surface area (Å²) in [6.07, 6.45) is 1.89. The second-order valence-corrected chi connectivity index (χ2v) is 6.17. The van der Waals surface area contributed by atoms with Crippen LogP contribution in [0.1, 0.15) is 30.2 Å². The number of benzene rings is 1. The van der Waals surface area contributed by atoms with E-state index in [2.05, 4.69) is 31.3 Å². The number of nitrogens with zero attached hydrogens (tertiary/aromatic N) is 1. The molecule has 2 aromatic rings.